The SMILES string of the molecule is CSc1cccc(NC(=O)NC2CCc3nn(C)c(=O)n3CC2)c1. The quantitative estimate of drug-likeness (QED) is 0.830. The highest BCUT2D eigenvalue weighted by molar-refractivity contribution is 7.98. The van der Waals surface area contributed by atoms with Gasteiger partial charge in [-0.25, -0.2) is 14.3 Å². The largest absolute Gasteiger partial charge is 0.345 e. The molecule has 2 heterocycles. The van der Waals surface area contributed by atoms with Gasteiger partial charge in [-0.2, -0.15) is 5.10 Å². The summed E-state index contributed by atoms with van der Waals surface area (Å²) in [6.07, 6.45) is 4.17. The number of anilines is 1. The average Bonchev–Trinajstić information content (AvgIpc) is 2.72. The number of aryl methyl sites for hydroxylation is 2. The second-order valence-electron chi connectivity index (χ2n) is 5.83. The minimum absolute atomic E-state index is 0.0279. The molecule has 0 aliphatic carbocycles. The van der Waals surface area contributed by atoms with Crippen molar-refractivity contribution in [1.82, 2.24) is 19.7 Å². The molecule has 0 spiro atoms. The lowest BCUT2D eigenvalue weighted by Gasteiger charge is -2.16. The monoisotopic (exact) mass is 347 g/mol. The number of benzene rings is 1. The predicted molar refractivity (Wildman–Crippen MR) is 94.6 cm³/mol. The zero-order valence-electron chi connectivity index (χ0n) is 13.8. The lowest BCUT2D eigenvalue weighted by molar-refractivity contribution is 0.247. The summed E-state index contributed by atoms with van der Waals surface area (Å²) in [6, 6.07) is 7.54. The Balaban J connectivity index is 1.58. The molecule has 3 rings (SSSR count). The van der Waals surface area contributed by atoms with Crippen molar-refractivity contribution in [3.63, 3.8) is 0 Å². The number of hydrogen-bond acceptors (Lipinski definition) is 4. The molecule has 2 amide bonds. The van der Waals surface area contributed by atoms with Gasteiger partial charge >= 0.3 is 11.7 Å². The molecule has 1 aliphatic heterocycles. The molecule has 0 fully saturated rings. The molecule has 2 aromatic rings. The standard InChI is InChI=1S/C16H21N5O2S/c1-20-16(23)21-9-8-11(6-7-14(21)19-20)17-15(22)18-12-4-3-5-13(10-12)24-2/h3-5,10-11H,6-9H2,1-2H3,(H2,17,18,22). The lowest BCUT2D eigenvalue weighted by Crippen LogP contribution is -2.38. The number of carbonyl (C=O) groups is 1. The molecule has 24 heavy (non-hydrogen) atoms. The molecule has 128 valence electrons. The molecule has 2 N–H and O–H groups in total. The summed E-state index contributed by atoms with van der Waals surface area (Å²) >= 11 is 1.63. The lowest BCUT2D eigenvalue weighted by atomic mass is 10.1. The molecular formula is C16H21N5O2S. The van der Waals surface area contributed by atoms with Gasteiger partial charge < -0.3 is 10.6 Å². The van der Waals surface area contributed by atoms with Crippen LogP contribution in [0.5, 0.6) is 0 Å². The van der Waals surface area contributed by atoms with Crippen LogP contribution in [-0.2, 0) is 20.0 Å². The van der Waals surface area contributed by atoms with Crippen molar-refractivity contribution in [2.75, 3.05) is 11.6 Å². The summed E-state index contributed by atoms with van der Waals surface area (Å²) < 4.78 is 3.07. The molecule has 1 aromatic carbocycles. The minimum Gasteiger partial charge on any atom is -0.335 e. The van der Waals surface area contributed by atoms with Gasteiger partial charge in [0.1, 0.15) is 5.82 Å². The van der Waals surface area contributed by atoms with Crippen LogP contribution < -0.4 is 16.3 Å². The number of hydrogen-bond donors (Lipinski definition) is 2. The van der Waals surface area contributed by atoms with Crippen LogP contribution in [0.1, 0.15) is 18.7 Å². The minimum atomic E-state index is -0.217. The summed E-state index contributed by atoms with van der Waals surface area (Å²) in [7, 11) is 1.66. The molecule has 1 atom stereocenters. The number of urea groups is 1. The third-order valence-electron chi connectivity index (χ3n) is 4.17. The molecule has 1 aromatic heterocycles. The molecule has 1 aliphatic rings. The van der Waals surface area contributed by atoms with E-state index in [0.29, 0.717) is 13.0 Å². The van der Waals surface area contributed by atoms with Crippen molar-refractivity contribution in [3.8, 4) is 0 Å². The molecule has 0 bridgehead atoms. The van der Waals surface area contributed by atoms with Crippen molar-refractivity contribution in [1.29, 1.82) is 0 Å². The Morgan fingerprint density at radius 1 is 1.38 bits per heavy atom. The predicted octanol–water partition coefficient (Wildman–Crippen LogP) is 1.83. The van der Waals surface area contributed by atoms with E-state index < -0.39 is 0 Å². The van der Waals surface area contributed by atoms with Crippen molar-refractivity contribution in [3.05, 3.63) is 40.6 Å². The Kier molecular flexibility index (Phi) is 4.94. The third-order valence-corrected chi connectivity index (χ3v) is 4.89. The number of nitrogens with one attached hydrogen (secondary N) is 2. The summed E-state index contributed by atoms with van der Waals surface area (Å²) in [5, 5.41) is 10.1. The van der Waals surface area contributed by atoms with Crippen LogP contribution in [0, 0.1) is 0 Å². The van der Waals surface area contributed by atoms with Gasteiger partial charge in [0.15, 0.2) is 0 Å². The highest BCUT2D eigenvalue weighted by atomic mass is 32.2. The van der Waals surface area contributed by atoms with Gasteiger partial charge in [-0.15, -0.1) is 11.8 Å². The maximum absolute atomic E-state index is 12.2. The number of amides is 2. The van der Waals surface area contributed by atoms with Crippen LogP contribution in [0.4, 0.5) is 10.5 Å². The summed E-state index contributed by atoms with van der Waals surface area (Å²) in [5.41, 5.74) is 0.679. The van der Waals surface area contributed by atoms with Gasteiger partial charge in [-0.05, 0) is 37.3 Å². The van der Waals surface area contributed by atoms with Crippen LogP contribution in [0.15, 0.2) is 34.0 Å². The van der Waals surface area contributed by atoms with Crippen molar-refractivity contribution in [2.24, 2.45) is 7.05 Å². The first-order chi connectivity index (χ1) is 11.6. The van der Waals surface area contributed by atoms with E-state index in [9.17, 15) is 9.59 Å². The van der Waals surface area contributed by atoms with Gasteiger partial charge in [0.25, 0.3) is 0 Å². The topological polar surface area (TPSA) is 81.0 Å². The first-order valence-electron chi connectivity index (χ1n) is 7.91. The van der Waals surface area contributed by atoms with Crippen molar-refractivity contribution in [2.45, 2.75) is 36.7 Å². The van der Waals surface area contributed by atoms with Crippen LogP contribution in [0.3, 0.4) is 0 Å². The molecule has 0 saturated heterocycles. The second-order valence-corrected chi connectivity index (χ2v) is 6.71. The Morgan fingerprint density at radius 3 is 3.00 bits per heavy atom. The highest BCUT2D eigenvalue weighted by Gasteiger charge is 2.21. The van der Waals surface area contributed by atoms with E-state index in [2.05, 4.69) is 15.7 Å². The van der Waals surface area contributed by atoms with Crippen LogP contribution in [0.25, 0.3) is 0 Å². The van der Waals surface area contributed by atoms with Gasteiger partial charge in [0.05, 0.1) is 0 Å². The summed E-state index contributed by atoms with van der Waals surface area (Å²) in [5.74, 6) is 0.792. The van der Waals surface area contributed by atoms with Gasteiger partial charge in [0, 0.05) is 36.6 Å². The van der Waals surface area contributed by atoms with E-state index in [0.717, 1.165) is 29.2 Å². The number of rotatable bonds is 3. The fourth-order valence-corrected chi connectivity index (χ4v) is 3.35. The second kappa shape index (κ2) is 7.12. The fourth-order valence-electron chi connectivity index (χ4n) is 2.90. The molecule has 7 nitrogen and oxygen atoms in total. The Labute approximate surface area is 144 Å². The summed E-state index contributed by atoms with van der Waals surface area (Å²) in [6.45, 7) is 0.578. The highest BCUT2D eigenvalue weighted by Crippen LogP contribution is 2.19. The number of fused-ring (bicyclic) bond motifs is 1. The number of aromatic nitrogens is 3. The summed E-state index contributed by atoms with van der Waals surface area (Å²) in [4.78, 5) is 25.3. The van der Waals surface area contributed by atoms with E-state index in [4.69, 9.17) is 0 Å². The molecule has 8 heteroatoms. The first kappa shape index (κ1) is 16.6. The van der Waals surface area contributed by atoms with E-state index in [1.165, 1.54) is 4.68 Å². The smallest absolute Gasteiger partial charge is 0.335 e. The Morgan fingerprint density at radius 2 is 2.21 bits per heavy atom. The van der Waals surface area contributed by atoms with Gasteiger partial charge in [0.2, 0.25) is 0 Å². The molecule has 0 radical (unpaired) electrons. The van der Waals surface area contributed by atoms with Gasteiger partial charge in [-0.3, -0.25) is 4.57 Å². The zero-order chi connectivity index (χ0) is 17.1. The normalized spacial score (nSPS) is 17.0. The van der Waals surface area contributed by atoms with Gasteiger partial charge in [-0.1, -0.05) is 6.07 Å². The number of nitrogens with zero attached hydrogens (tertiary/aromatic N) is 3. The third kappa shape index (κ3) is 3.64. The Bertz CT molecular complexity index is 798. The van der Waals surface area contributed by atoms with Crippen LogP contribution in [0.2, 0.25) is 0 Å². The molecule has 1 unspecified atom stereocenters. The van der Waals surface area contributed by atoms with E-state index >= 15 is 0 Å². The zero-order valence-corrected chi connectivity index (χ0v) is 14.6. The van der Waals surface area contributed by atoms with E-state index in [1.54, 1.807) is 23.4 Å². The Hall–Kier alpha value is -2.22. The molecular weight excluding hydrogens is 326 g/mol. The van der Waals surface area contributed by atoms with Crippen molar-refractivity contribution >= 4 is 23.5 Å². The maximum atomic E-state index is 12.2. The maximum Gasteiger partial charge on any atom is 0.345 e. The van der Waals surface area contributed by atoms with Crippen molar-refractivity contribution < 1.29 is 4.79 Å². The first-order valence-corrected chi connectivity index (χ1v) is 9.13. The number of carbonyl (C=O) groups excluding carboxylic acids is 1. The van der Waals surface area contributed by atoms with E-state index in [1.807, 2.05) is 30.5 Å². The number of thioether (sulfide) groups is 1. The van der Waals surface area contributed by atoms with Crippen LogP contribution >= 0.6 is 11.8 Å². The average molecular weight is 347 g/mol. The van der Waals surface area contributed by atoms with Crippen LogP contribution in [-0.4, -0.2) is 32.7 Å². The van der Waals surface area contributed by atoms with E-state index in [-0.39, 0.29) is 17.8 Å². The fraction of sp³-hybridized carbons (Fsp3) is 0.438. The molecule has 0 saturated carbocycles.